The van der Waals surface area contributed by atoms with Crippen LogP contribution in [0.4, 0.5) is 11.5 Å². The third-order valence-corrected chi connectivity index (χ3v) is 5.37. The molecule has 2 aromatic carbocycles. The molecule has 0 amide bonds. The summed E-state index contributed by atoms with van der Waals surface area (Å²) in [6.07, 6.45) is 1.49. The van der Waals surface area contributed by atoms with Gasteiger partial charge in [0.05, 0.1) is 44.1 Å². The Balaban J connectivity index is 0.000000588. The molecule has 1 aromatic heterocycles. The first kappa shape index (κ1) is 25.2. The number of nitrogens with zero attached hydrogens (tertiary/aromatic N) is 2. The van der Waals surface area contributed by atoms with Crippen molar-refractivity contribution in [2.75, 3.05) is 51.9 Å². The Morgan fingerprint density at radius 1 is 0.882 bits per heavy atom. The maximum atomic E-state index is 9.08. The SMILES string of the molecule is COc1cc2c(cc1OC)CN(c1cc(N)c3cc(OC)c(OC)cc3n1)CC2.CS(=O)(=O)[O-]. The van der Waals surface area contributed by atoms with Crippen molar-refractivity contribution in [1.29, 1.82) is 0 Å². The van der Waals surface area contributed by atoms with Gasteiger partial charge in [-0.2, -0.15) is 0 Å². The number of benzene rings is 2. The maximum absolute atomic E-state index is 9.08. The van der Waals surface area contributed by atoms with E-state index in [1.807, 2.05) is 24.3 Å². The Morgan fingerprint density at radius 3 is 1.94 bits per heavy atom. The number of anilines is 2. The van der Waals surface area contributed by atoms with E-state index in [-0.39, 0.29) is 0 Å². The van der Waals surface area contributed by atoms with E-state index in [1.165, 1.54) is 11.1 Å². The Morgan fingerprint density at radius 2 is 1.38 bits per heavy atom. The zero-order valence-electron chi connectivity index (χ0n) is 19.7. The van der Waals surface area contributed by atoms with E-state index >= 15 is 0 Å². The van der Waals surface area contributed by atoms with Crippen LogP contribution in [0.5, 0.6) is 23.0 Å². The zero-order chi connectivity index (χ0) is 25.0. The Bertz CT molecular complexity index is 1290. The van der Waals surface area contributed by atoms with Crippen molar-refractivity contribution in [2.45, 2.75) is 13.0 Å². The molecule has 0 atom stereocenters. The third-order valence-electron chi connectivity index (χ3n) is 5.37. The first-order valence-electron chi connectivity index (χ1n) is 10.3. The topological polar surface area (TPSA) is 136 Å². The molecule has 4 rings (SSSR count). The number of ether oxygens (including phenoxy) is 4. The molecule has 0 saturated heterocycles. The van der Waals surface area contributed by atoms with Gasteiger partial charge in [-0.05, 0) is 35.7 Å². The quantitative estimate of drug-likeness (QED) is 0.531. The van der Waals surface area contributed by atoms with Gasteiger partial charge in [0.15, 0.2) is 23.0 Å². The molecule has 184 valence electrons. The van der Waals surface area contributed by atoms with Gasteiger partial charge in [-0.25, -0.2) is 13.4 Å². The van der Waals surface area contributed by atoms with Gasteiger partial charge in [-0.15, -0.1) is 0 Å². The summed E-state index contributed by atoms with van der Waals surface area (Å²) in [4.78, 5) is 7.07. The van der Waals surface area contributed by atoms with Gasteiger partial charge in [0.2, 0.25) is 0 Å². The summed E-state index contributed by atoms with van der Waals surface area (Å²) < 4.78 is 48.9. The minimum Gasteiger partial charge on any atom is -0.748 e. The summed E-state index contributed by atoms with van der Waals surface area (Å²) in [6, 6.07) is 9.74. The van der Waals surface area contributed by atoms with Gasteiger partial charge in [0.25, 0.3) is 0 Å². The number of nitrogen functional groups attached to an aromatic ring is 1. The van der Waals surface area contributed by atoms with E-state index in [9.17, 15) is 0 Å². The van der Waals surface area contributed by atoms with Crippen molar-refractivity contribution >= 4 is 32.5 Å². The average molecular weight is 491 g/mol. The largest absolute Gasteiger partial charge is 0.748 e. The lowest BCUT2D eigenvalue weighted by atomic mass is 9.98. The molecule has 10 nitrogen and oxygen atoms in total. The normalized spacial score (nSPS) is 12.9. The number of hydrogen-bond acceptors (Lipinski definition) is 10. The molecule has 0 bridgehead atoms. The van der Waals surface area contributed by atoms with E-state index in [0.717, 1.165) is 47.7 Å². The predicted octanol–water partition coefficient (Wildman–Crippen LogP) is 2.58. The Kier molecular flexibility index (Phi) is 7.57. The first-order valence-corrected chi connectivity index (χ1v) is 12.1. The van der Waals surface area contributed by atoms with Crippen molar-refractivity contribution in [1.82, 2.24) is 4.98 Å². The van der Waals surface area contributed by atoms with Crippen LogP contribution in [0, 0.1) is 0 Å². The van der Waals surface area contributed by atoms with Crippen LogP contribution in [0.25, 0.3) is 10.9 Å². The standard InChI is InChI=1S/C22H25N3O4.CH4O3S/c1-26-18-7-13-5-6-25(12-14(13)8-19(18)27-2)22-10-16(23)15-9-20(28-3)21(29-4)11-17(15)24-22;1-5(2,3)4/h7-11H,5-6,12H2,1-4H3,(H2,23,24);1H3,(H,2,3,4)/p-1. The van der Waals surface area contributed by atoms with E-state index < -0.39 is 10.1 Å². The second-order valence-corrected chi connectivity index (χ2v) is 9.05. The fourth-order valence-corrected chi connectivity index (χ4v) is 3.81. The summed E-state index contributed by atoms with van der Waals surface area (Å²) in [7, 11) is 2.61. The molecule has 11 heteroatoms. The summed E-state index contributed by atoms with van der Waals surface area (Å²) in [5.41, 5.74) is 10.2. The lowest BCUT2D eigenvalue weighted by molar-refractivity contribution is 0.353. The van der Waals surface area contributed by atoms with Gasteiger partial charge in [0, 0.05) is 42.6 Å². The highest BCUT2D eigenvalue weighted by Gasteiger charge is 2.21. The van der Waals surface area contributed by atoms with Crippen LogP contribution in [-0.4, -0.2) is 59.2 Å². The second-order valence-electron chi connectivity index (χ2n) is 7.65. The lowest BCUT2D eigenvalue weighted by Gasteiger charge is -2.31. The number of pyridine rings is 1. The minimum absolute atomic E-state index is 0.604. The van der Waals surface area contributed by atoms with Crippen LogP contribution >= 0.6 is 0 Å². The van der Waals surface area contributed by atoms with E-state index in [4.69, 9.17) is 42.6 Å². The Labute approximate surface area is 198 Å². The van der Waals surface area contributed by atoms with Crippen molar-refractivity contribution in [3.05, 3.63) is 41.5 Å². The highest BCUT2D eigenvalue weighted by molar-refractivity contribution is 7.84. The van der Waals surface area contributed by atoms with Crippen molar-refractivity contribution in [3.8, 4) is 23.0 Å². The molecule has 34 heavy (non-hydrogen) atoms. The van der Waals surface area contributed by atoms with E-state index in [0.29, 0.717) is 23.4 Å². The van der Waals surface area contributed by atoms with Crippen molar-refractivity contribution < 1.29 is 31.9 Å². The van der Waals surface area contributed by atoms with Crippen molar-refractivity contribution in [3.63, 3.8) is 0 Å². The van der Waals surface area contributed by atoms with Gasteiger partial charge in [-0.1, -0.05) is 0 Å². The second kappa shape index (κ2) is 10.2. The molecule has 1 aliphatic rings. The molecule has 0 radical (unpaired) electrons. The fraction of sp³-hybridized carbons (Fsp3) is 0.348. The Hall–Kier alpha value is -3.44. The predicted molar refractivity (Wildman–Crippen MR) is 129 cm³/mol. The fourth-order valence-electron chi connectivity index (χ4n) is 3.81. The number of nitrogens with two attached hydrogens (primary N) is 1. The molecule has 0 unspecified atom stereocenters. The van der Waals surface area contributed by atoms with Gasteiger partial charge >= 0.3 is 0 Å². The molecule has 1 aliphatic heterocycles. The summed E-state index contributed by atoms with van der Waals surface area (Å²) >= 11 is 0. The molecule has 2 N–H and O–H groups in total. The van der Waals surface area contributed by atoms with Crippen LogP contribution < -0.4 is 29.6 Å². The van der Waals surface area contributed by atoms with Gasteiger partial charge in [0.1, 0.15) is 5.82 Å². The van der Waals surface area contributed by atoms with Crippen LogP contribution in [0.15, 0.2) is 30.3 Å². The number of aromatic nitrogens is 1. The molecular formula is C23H28N3O7S-. The van der Waals surface area contributed by atoms with Crippen LogP contribution in [0.2, 0.25) is 0 Å². The molecule has 2 heterocycles. The highest BCUT2D eigenvalue weighted by atomic mass is 32.2. The minimum atomic E-state index is -3.92. The lowest BCUT2D eigenvalue weighted by Crippen LogP contribution is -2.31. The molecular weight excluding hydrogens is 462 g/mol. The number of rotatable bonds is 5. The number of fused-ring (bicyclic) bond motifs is 2. The molecule has 0 spiro atoms. The summed E-state index contributed by atoms with van der Waals surface area (Å²) in [6.45, 7) is 1.56. The average Bonchev–Trinajstić information content (AvgIpc) is 2.80. The highest BCUT2D eigenvalue weighted by Crippen LogP contribution is 2.37. The monoisotopic (exact) mass is 490 g/mol. The number of methoxy groups -OCH3 is 4. The summed E-state index contributed by atoms with van der Waals surface area (Å²) in [5, 5.41) is 0.843. The smallest absolute Gasteiger partial charge is 0.162 e. The number of hydrogen-bond donors (Lipinski definition) is 1. The van der Waals surface area contributed by atoms with Crippen LogP contribution in [-0.2, 0) is 23.1 Å². The maximum Gasteiger partial charge on any atom is 0.162 e. The molecule has 0 aliphatic carbocycles. The van der Waals surface area contributed by atoms with Crippen LogP contribution in [0.1, 0.15) is 11.1 Å². The molecule has 3 aromatic rings. The van der Waals surface area contributed by atoms with Gasteiger partial charge in [-0.3, -0.25) is 0 Å². The summed E-state index contributed by atoms with van der Waals surface area (Å²) in [5.74, 6) is 3.59. The zero-order valence-corrected chi connectivity index (χ0v) is 20.6. The molecule has 0 fully saturated rings. The van der Waals surface area contributed by atoms with Gasteiger partial charge < -0.3 is 34.1 Å². The first-order chi connectivity index (χ1) is 16.1. The third kappa shape index (κ3) is 5.72. The van der Waals surface area contributed by atoms with E-state index in [1.54, 1.807) is 28.4 Å². The van der Waals surface area contributed by atoms with Crippen LogP contribution in [0.3, 0.4) is 0 Å². The van der Waals surface area contributed by atoms with Crippen molar-refractivity contribution in [2.24, 2.45) is 0 Å². The molecule has 0 saturated carbocycles. The van der Waals surface area contributed by atoms with E-state index in [2.05, 4.69) is 11.0 Å².